The lowest BCUT2D eigenvalue weighted by Gasteiger charge is -2.10. The number of hydrogen-bond acceptors (Lipinski definition) is 2. The van der Waals surface area contributed by atoms with Crippen LogP contribution >= 0.6 is 0 Å². The van der Waals surface area contributed by atoms with Gasteiger partial charge in [-0.1, -0.05) is 32.9 Å². The van der Waals surface area contributed by atoms with E-state index in [4.69, 9.17) is 0 Å². The SMILES string of the molecule is CCc1ccc(C(C)C)c2c1N=S=N2. The van der Waals surface area contributed by atoms with Crippen LogP contribution in [0.5, 0.6) is 0 Å². The molecule has 1 aliphatic rings. The molecule has 1 aromatic carbocycles. The Bertz CT molecular complexity index is 429. The molecular formula is C11H14N2S. The molecule has 1 aliphatic heterocycles. The van der Waals surface area contributed by atoms with Gasteiger partial charge in [-0.3, -0.25) is 0 Å². The van der Waals surface area contributed by atoms with Gasteiger partial charge in [0.15, 0.2) is 0 Å². The second-order valence-electron chi connectivity index (χ2n) is 3.78. The standard InChI is InChI=1S/C11H14N2S/c1-4-8-5-6-9(7(2)3)11-10(8)12-14-13-11/h5-7H,4H2,1-3H3. The Morgan fingerprint density at radius 2 is 1.93 bits per heavy atom. The topological polar surface area (TPSA) is 24.7 Å². The number of rotatable bonds is 2. The highest BCUT2D eigenvalue weighted by Crippen LogP contribution is 2.41. The fourth-order valence-electron chi connectivity index (χ4n) is 1.69. The quantitative estimate of drug-likeness (QED) is 0.706. The van der Waals surface area contributed by atoms with Gasteiger partial charge in [0, 0.05) is 0 Å². The zero-order valence-corrected chi connectivity index (χ0v) is 9.56. The summed E-state index contributed by atoms with van der Waals surface area (Å²) >= 11 is 1.31. The first-order chi connectivity index (χ1) is 6.74. The summed E-state index contributed by atoms with van der Waals surface area (Å²) < 4.78 is 8.74. The Hall–Kier alpha value is -0.960. The summed E-state index contributed by atoms with van der Waals surface area (Å²) in [5.74, 6) is 0.521. The molecular weight excluding hydrogens is 192 g/mol. The van der Waals surface area contributed by atoms with Gasteiger partial charge < -0.3 is 0 Å². The van der Waals surface area contributed by atoms with Gasteiger partial charge in [0.25, 0.3) is 0 Å². The van der Waals surface area contributed by atoms with Crippen LogP contribution in [0.15, 0.2) is 20.9 Å². The Kier molecular flexibility index (Phi) is 2.50. The van der Waals surface area contributed by atoms with Gasteiger partial charge >= 0.3 is 0 Å². The molecule has 0 unspecified atom stereocenters. The molecule has 0 atom stereocenters. The fraction of sp³-hybridized carbons (Fsp3) is 0.455. The largest absolute Gasteiger partial charge is 0.173 e. The summed E-state index contributed by atoms with van der Waals surface area (Å²) in [4.78, 5) is 0. The van der Waals surface area contributed by atoms with Gasteiger partial charge in [0.05, 0.1) is 11.4 Å². The maximum Gasteiger partial charge on any atom is 0.108 e. The number of nitrogens with zero attached hydrogens (tertiary/aromatic N) is 2. The third-order valence-corrected chi connectivity index (χ3v) is 3.06. The van der Waals surface area contributed by atoms with Crippen molar-refractivity contribution in [3.05, 3.63) is 23.3 Å². The van der Waals surface area contributed by atoms with E-state index < -0.39 is 0 Å². The van der Waals surface area contributed by atoms with Crippen LogP contribution in [0.1, 0.15) is 37.8 Å². The minimum absolute atomic E-state index is 0.521. The van der Waals surface area contributed by atoms with Gasteiger partial charge in [-0.15, -0.1) is 0 Å². The summed E-state index contributed by atoms with van der Waals surface area (Å²) in [6.07, 6.45) is 1.03. The van der Waals surface area contributed by atoms with Crippen molar-refractivity contribution in [1.82, 2.24) is 0 Å². The molecule has 0 fully saturated rings. The highest BCUT2D eigenvalue weighted by Gasteiger charge is 2.15. The van der Waals surface area contributed by atoms with Crippen molar-refractivity contribution in [2.75, 3.05) is 0 Å². The number of benzene rings is 1. The molecule has 1 heterocycles. The van der Waals surface area contributed by atoms with Crippen molar-refractivity contribution in [2.45, 2.75) is 33.1 Å². The van der Waals surface area contributed by atoms with Crippen molar-refractivity contribution in [3.8, 4) is 0 Å². The number of hydrogen-bond donors (Lipinski definition) is 0. The molecule has 1 aromatic rings. The van der Waals surface area contributed by atoms with Gasteiger partial charge in [0.1, 0.15) is 11.4 Å². The van der Waals surface area contributed by atoms with E-state index in [-0.39, 0.29) is 0 Å². The van der Waals surface area contributed by atoms with Crippen LogP contribution in [0.2, 0.25) is 0 Å². The molecule has 0 amide bonds. The van der Waals surface area contributed by atoms with Crippen LogP contribution in [0, 0.1) is 0 Å². The first kappa shape index (κ1) is 9.59. The Labute approximate surface area is 88.2 Å². The number of aryl methyl sites for hydroxylation is 1. The van der Waals surface area contributed by atoms with Crippen molar-refractivity contribution in [1.29, 1.82) is 0 Å². The second kappa shape index (κ2) is 3.65. The van der Waals surface area contributed by atoms with Crippen LogP contribution in [0.3, 0.4) is 0 Å². The van der Waals surface area contributed by atoms with Crippen LogP contribution in [0.4, 0.5) is 11.4 Å². The molecule has 2 rings (SSSR count). The first-order valence-electron chi connectivity index (χ1n) is 4.98. The van der Waals surface area contributed by atoms with Crippen LogP contribution < -0.4 is 0 Å². The summed E-state index contributed by atoms with van der Waals surface area (Å²) in [6.45, 7) is 6.54. The normalized spacial score (nSPS) is 13.1. The highest BCUT2D eigenvalue weighted by molar-refractivity contribution is 7.58. The maximum absolute atomic E-state index is 4.38. The maximum atomic E-state index is 4.38. The second-order valence-corrected chi connectivity index (χ2v) is 4.31. The van der Waals surface area contributed by atoms with E-state index in [2.05, 4.69) is 41.6 Å². The Morgan fingerprint density at radius 3 is 2.57 bits per heavy atom. The van der Waals surface area contributed by atoms with Crippen LogP contribution in [-0.4, -0.2) is 0 Å². The highest BCUT2D eigenvalue weighted by atomic mass is 32.1. The van der Waals surface area contributed by atoms with Gasteiger partial charge in [-0.25, -0.2) is 0 Å². The van der Waals surface area contributed by atoms with Crippen LogP contribution in [-0.2, 0) is 17.8 Å². The summed E-state index contributed by atoms with van der Waals surface area (Å²) in [7, 11) is 0. The van der Waals surface area contributed by atoms with E-state index in [9.17, 15) is 0 Å². The molecule has 0 bridgehead atoms. The predicted molar refractivity (Wildman–Crippen MR) is 61.5 cm³/mol. The predicted octanol–water partition coefficient (Wildman–Crippen LogP) is 4.10. The monoisotopic (exact) mass is 206 g/mol. The van der Waals surface area contributed by atoms with Crippen molar-refractivity contribution in [2.24, 2.45) is 8.73 Å². The minimum Gasteiger partial charge on any atom is -0.173 e. The van der Waals surface area contributed by atoms with Crippen molar-refractivity contribution < 1.29 is 0 Å². The Morgan fingerprint density at radius 1 is 1.21 bits per heavy atom. The molecule has 0 saturated carbocycles. The molecule has 0 saturated heterocycles. The van der Waals surface area contributed by atoms with E-state index in [1.807, 2.05) is 0 Å². The lowest BCUT2D eigenvalue weighted by atomic mass is 9.97. The third kappa shape index (κ3) is 1.42. The summed E-state index contributed by atoms with van der Waals surface area (Å²) in [5.41, 5.74) is 4.82. The van der Waals surface area contributed by atoms with E-state index >= 15 is 0 Å². The van der Waals surface area contributed by atoms with Gasteiger partial charge in [-0.2, -0.15) is 8.73 Å². The van der Waals surface area contributed by atoms with E-state index in [1.54, 1.807) is 0 Å². The molecule has 74 valence electrons. The van der Waals surface area contributed by atoms with Crippen LogP contribution in [0.25, 0.3) is 0 Å². The molecule has 0 radical (unpaired) electrons. The molecule has 3 heteroatoms. The summed E-state index contributed by atoms with van der Waals surface area (Å²) in [5, 5.41) is 0. The first-order valence-corrected chi connectivity index (χ1v) is 5.71. The van der Waals surface area contributed by atoms with E-state index in [1.165, 1.54) is 22.5 Å². The minimum atomic E-state index is 0.521. The molecule has 0 aromatic heterocycles. The zero-order chi connectivity index (χ0) is 10.1. The average Bonchev–Trinajstić information content (AvgIpc) is 2.64. The lowest BCUT2D eigenvalue weighted by molar-refractivity contribution is 0.866. The summed E-state index contributed by atoms with van der Waals surface area (Å²) in [6, 6.07) is 4.37. The molecule has 14 heavy (non-hydrogen) atoms. The molecule has 0 aliphatic carbocycles. The molecule has 2 nitrogen and oxygen atoms in total. The van der Waals surface area contributed by atoms with E-state index in [0.29, 0.717) is 5.92 Å². The smallest absolute Gasteiger partial charge is 0.108 e. The molecule has 0 N–H and O–H groups in total. The zero-order valence-electron chi connectivity index (χ0n) is 8.74. The third-order valence-electron chi connectivity index (χ3n) is 2.53. The number of fused-ring (bicyclic) bond motifs is 1. The van der Waals surface area contributed by atoms with Gasteiger partial charge in [0.2, 0.25) is 0 Å². The van der Waals surface area contributed by atoms with E-state index in [0.717, 1.165) is 17.8 Å². The average molecular weight is 206 g/mol. The Balaban J connectivity index is 2.61. The van der Waals surface area contributed by atoms with Gasteiger partial charge in [-0.05, 0) is 23.5 Å². The fourth-order valence-corrected chi connectivity index (χ4v) is 2.29. The lowest BCUT2D eigenvalue weighted by Crippen LogP contribution is -1.90. The molecule has 0 spiro atoms. The van der Waals surface area contributed by atoms with Crippen molar-refractivity contribution in [3.63, 3.8) is 0 Å². The van der Waals surface area contributed by atoms with Crippen molar-refractivity contribution >= 4 is 22.7 Å².